The summed E-state index contributed by atoms with van der Waals surface area (Å²) < 4.78 is 28.0. The number of nitrogens with one attached hydrogen (secondary N) is 1. The third-order valence-electron chi connectivity index (χ3n) is 3.35. The van der Waals surface area contributed by atoms with Crippen LogP contribution in [0.2, 0.25) is 0 Å². The molecule has 0 fully saturated rings. The van der Waals surface area contributed by atoms with Crippen LogP contribution < -0.4 is 5.32 Å². The summed E-state index contributed by atoms with van der Waals surface area (Å²) in [5, 5.41) is 11.5. The van der Waals surface area contributed by atoms with E-state index in [4.69, 9.17) is 9.52 Å². The van der Waals surface area contributed by atoms with Crippen LogP contribution in [-0.2, 0) is 14.6 Å². The molecular weight excluding hydrogens is 324 g/mol. The second-order valence-corrected chi connectivity index (χ2v) is 7.40. The van der Waals surface area contributed by atoms with E-state index in [9.17, 15) is 18.0 Å². The van der Waals surface area contributed by atoms with Crippen molar-refractivity contribution >= 4 is 32.8 Å². The number of aromatic nitrogens is 1. The molecule has 0 radical (unpaired) electrons. The van der Waals surface area contributed by atoms with Gasteiger partial charge in [-0.05, 0) is 24.6 Å². The summed E-state index contributed by atoms with van der Waals surface area (Å²) in [4.78, 5) is 27.3. The summed E-state index contributed by atoms with van der Waals surface area (Å²) in [7, 11) is -3.31. The van der Waals surface area contributed by atoms with Crippen LogP contribution in [0.1, 0.15) is 23.7 Å². The minimum Gasteiger partial charge on any atom is -0.480 e. The molecule has 0 aliphatic rings. The summed E-state index contributed by atoms with van der Waals surface area (Å²) in [5.41, 5.74) is 1.19. The highest BCUT2D eigenvalue weighted by Gasteiger charge is 2.23. The standard InChI is InChI=1S/C14H16N2O6S/c1-2-23(20,21)6-5-10(14(18)19)16-13(17)9-3-4-12-11(7-9)15-8-22-12/h3-4,7-8,10H,2,5-6H2,1H3,(H,16,17)(H,18,19). The molecule has 2 aromatic rings. The van der Waals surface area contributed by atoms with Gasteiger partial charge in [-0.25, -0.2) is 18.2 Å². The van der Waals surface area contributed by atoms with Crippen molar-refractivity contribution in [2.45, 2.75) is 19.4 Å². The molecule has 23 heavy (non-hydrogen) atoms. The van der Waals surface area contributed by atoms with Gasteiger partial charge in [-0.1, -0.05) is 6.92 Å². The maximum absolute atomic E-state index is 12.1. The van der Waals surface area contributed by atoms with Crippen LogP contribution in [0.15, 0.2) is 29.0 Å². The quantitative estimate of drug-likeness (QED) is 0.764. The molecule has 0 aliphatic heterocycles. The smallest absolute Gasteiger partial charge is 0.326 e. The van der Waals surface area contributed by atoms with Crippen LogP contribution >= 0.6 is 0 Å². The van der Waals surface area contributed by atoms with E-state index >= 15 is 0 Å². The average Bonchev–Trinajstić information content (AvgIpc) is 2.98. The number of carbonyl (C=O) groups excluding carboxylic acids is 1. The zero-order valence-corrected chi connectivity index (χ0v) is 13.2. The fourth-order valence-corrected chi connectivity index (χ4v) is 2.82. The summed E-state index contributed by atoms with van der Waals surface area (Å²) >= 11 is 0. The number of sulfone groups is 1. The third-order valence-corrected chi connectivity index (χ3v) is 5.09. The normalized spacial score (nSPS) is 12.9. The topological polar surface area (TPSA) is 127 Å². The van der Waals surface area contributed by atoms with E-state index in [0.717, 1.165) is 0 Å². The zero-order chi connectivity index (χ0) is 17.0. The Morgan fingerprint density at radius 1 is 1.39 bits per heavy atom. The van der Waals surface area contributed by atoms with Gasteiger partial charge in [-0.2, -0.15) is 0 Å². The van der Waals surface area contributed by atoms with Crippen molar-refractivity contribution in [1.82, 2.24) is 10.3 Å². The Morgan fingerprint density at radius 3 is 2.78 bits per heavy atom. The number of rotatable bonds is 7. The van der Waals surface area contributed by atoms with E-state index in [-0.39, 0.29) is 23.5 Å². The van der Waals surface area contributed by atoms with Gasteiger partial charge >= 0.3 is 5.97 Å². The van der Waals surface area contributed by atoms with Crippen molar-refractivity contribution < 1.29 is 27.5 Å². The first kappa shape index (κ1) is 16.9. The Hall–Kier alpha value is -2.42. The number of hydrogen-bond donors (Lipinski definition) is 2. The van der Waals surface area contributed by atoms with Gasteiger partial charge in [0.05, 0.1) is 5.75 Å². The van der Waals surface area contributed by atoms with Crippen LogP contribution in [-0.4, -0.2) is 47.9 Å². The van der Waals surface area contributed by atoms with Crippen molar-refractivity contribution in [1.29, 1.82) is 0 Å². The van der Waals surface area contributed by atoms with Gasteiger partial charge in [0.1, 0.15) is 21.4 Å². The molecule has 0 bridgehead atoms. The minimum atomic E-state index is -3.31. The summed E-state index contributed by atoms with van der Waals surface area (Å²) in [6, 6.07) is 3.21. The van der Waals surface area contributed by atoms with E-state index in [1.165, 1.54) is 25.5 Å². The summed E-state index contributed by atoms with van der Waals surface area (Å²) in [6.45, 7) is 1.48. The highest BCUT2D eigenvalue weighted by atomic mass is 32.2. The molecule has 1 atom stereocenters. The molecule has 9 heteroatoms. The summed E-state index contributed by atoms with van der Waals surface area (Å²) in [6.07, 6.45) is 1.05. The lowest BCUT2D eigenvalue weighted by Crippen LogP contribution is -2.42. The fraction of sp³-hybridized carbons (Fsp3) is 0.357. The first-order chi connectivity index (χ1) is 10.8. The molecule has 0 spiro atoms. The molecule has 2 rings (SSSR count). The molecule has 1 heterocycles. The fourth-order valence-electron chi connectivity index (χ4n) is 1.94. The summed E-state index contributed by atoms with van der Waals surface area (Å²) in [5.74, 6) is -2.28. The van der Waals surface area contributed by atoms with Crippen LogP contribution in [0.25, 0.3) is 11.1 Å². The number of hydrogen-bond acceptors (Lipinski definition) is 6. The monoisotopic (exact) mass is 340 g/mol. The SMILES string of the molecule is CCS(=O)(=O)CCC(NC(=O)c1ccc2ocnc2c1)C(=O)O. The Labute approximate surface area is 132 Å². The van der Waals surface area contributed by atoms with Crippen molar-refractivity contribution in [3.8, 4) is 0 Å². The second-order valence-electron chi connectivity index (χ2n) is 4.92. The maximum Gasteiger partial charge on any atom is 0.326 e. The lowest BCUT2D eigenvalue weighted by Gasteiger charge is -2.14. The van der Waals surface area contributed by atoms with Crippen LogP contribution in [0.3, 0.4) is 0 Å². The molecule has 0 aliphatic carbocycles. The molecule has 8 nitrogen and oxygen atoms in total. The van der Waals surface area contributed by atoms with Crippen LogP contribution in [0, 0.1) is 0 Å². The molecule has 1 amide bonds. The Morgan fingerprint density at radius 2 is 2.13 bits per heavy atom. The van der Waals surface area contributed by atoms with E-state index in [2.05, 4.69) is 10.3 Å². The van der Waals surface area contributed by atoms with Crippen molar-refractivity contribution in [3.63, 3.8) is 0 Å². The van der Waals surface area contributed by atoms with Gasteiger partial charge in [-0.15, -0.1) is 0 Å². The molecule has 2 N–H and O–H groups in total. The average molecular weight is 340 g/mol. The Bertz CT molecular complexity index is 827. The Kier molecular flexibility index (Phi) is 4.99. The van der Waals surface area contributed by atoms with Crippen LogP contribution in [0.4, 0.5) is 0 Å². The molecule has 1 aromatic carbocycles. The lowest BCUT2D eigenvalue weighted by molar-refractivity contribution is -0.139. The zero-order valence-electron chi connectivity index (χ0n) is 12.4. The Balaban J connectivity index is 2.09. The number of benzene rings is 1. The van der Waals surface area contributed by atoms with E-state index in [1.807, 2.05) is 0 Å². The van der Waals surface area contributed by atoms with Gasteiger partial charge in [-0.3, -0.25) is 4.79 Å². The number of aliphatic carboxylic acids is 1. The first-order valence-electron chi connectivity index (χ1n) is 6.89. The first-order valence-corrected chi connectivity index (χ1v) is 8.72. The van der Waals surface area contributed by atoms with Crippen molar-refractivity contribution in [2.24, 2.45) is 0 Å². The predicted molar refractivity (Wildman–Crippen MR) is 81.8 cm³/mol. The number of oxazole rings is 1. The van der Waals surface area contributed by atoms with E-state index in [1.54, 1.807) is 6.07 Å². The highest BCUT2D eigenvalue weighted by molar-refractivity contribution is 7.91. The van der Waals surface area contributed by atoms with Crippen molar-refractivity contribution in [2.75, 3.05) is 11.5 Å². The highest BCUT2D eigenvalue weighted by Crippen LogP contribution is 2.14. The second kappa shape index (κ2) is 6.78. The number of fused-ring (bicyclic) bond motifs is 1. The molecule has 1 aromatic heterocycles. The number of nitrogens with zero attached hydrogens (tertiary/aromatic N) is 1. The number of amides is 1. The molecule has 1 unspecified atom stereocenters. The number of carboxylic acids is 1. The molecular formula is C14H16N2O6S. The van der Waals surface area contributed by atoms with Gasteiger partial charge in [0.2, 0.25) is 0 Å². The third kappa shape index (κ3) is 4.28. The molecule has 0 saturated carbocycles. The minimum absolute atomic E-state index is 0.0733. The van der Waals surface area contributed by atoms with E-state index < -0.39 is 27.8 Å². The van der Waals surface area contributed by atoms with Gasteiger partial charge in [0.25, 0.3) is 5.91 Å². The van der Waals surface area contributed by atoms with E-state index in [0.29, 0.717) is 11.1 Å². The maximum atomic E-state index is 12.1. The largest absolute Gasteiger partial charge is 0.480 e. The van der Waals surface area contributed by atoms with Gasteiger partial charge < -0.3 is 14.8 Å². The van der Waals surface area contributed by atoms with Crippen LogP contribution in [0.5, 0.6) is 0 Å². The number of carboxylic acid groups (broad SMARTS) is 1. The van der Waals surface area contributed by atoms with Gasteiger partial charge in [0, 0.05) is 11.3 Å². The lowest BCUT2D eigenvalue weighted by atomic mass is 10.1. The van der Waals surface area contributed by atoms with Gasteiger partial charge in [0.15, 0.2) is 12.0 Å². The predicted octanol–water partition coefficient (Wildman–Crippen LogP) is 0.836. The molecule has 0 saturated heterocycles. The number of carbonyl (C=O) groups is 2. The van der Waals surface area contributed by atoms with Crippen molar-refractivity contribution in [3.05, 3.63) is 30.2 Å². The molecule has 124 valence electrons.